The van der Waals surface area contributed by atoms with Gasteiger partial charge in [0.05, 0.1) is 0 Å². The first kappa shape index (κ1) is 13.2. The molecule has 1 rings (SSSR count). The van der Waals surface area contributed by atoms with Crippen LogP contribution in [0, 0.1) is 0 Å². The van der Waals surface area contributed by atoms with Gasteiger partial charge in [-0.15, -0.1) is 0 Å². The summed E-state index contributed by atoms with van der Waals surface area (Å²) < 4.78 is 5.96. The second-order valence-electron chi connectivity index (χ2n) is 3.35. The van der Waals surface area contributed by atoms with Crippen LogP contribution in [0.5, 0.6) is 0 Å². The number of nitrogens with two attached hydrogens (primary N) is 1. The fourth-order valence-electron chi connectivity index (χ4n) is 1.10. The number of esters is 1. The van der Waals surface area contributed by atoms with Gasteiger partial charge in [-0.1, -0.05) is 28.1 Å². The predicted octanol–water partition coefficient (Wildman–Crippen LogP) is 1.20. The van der Waals surface area contributed by atoms with Gasteiger partial charge in [0.15, 0.2) is 0 Å². The van der Waals surface area contributed by atoms with Crippen molar-refractivity contribution in [1.82, 2.24) is 0 Å². The summed E-state index contributed by atoms with van der Waals surface area (Å²) in [5, 5.41) is 8.61. The minimum atomic E-state index is -0.750. The summed E-state index contributed by atoms with van der Waals surface area (Å²) >= 11 is 3.31. The second kappa shape index (κ2) is 6.62. The molecular formula is C11H14BrNO3. The molecule has 0 amide bonds. The molecule has 5 heteroatoms. The van der Waals surface area contributed by atoms with Crippen molar-refractivity contribution in [2.24, 2.45) is 5.73 Å². The van der Waals surface area contributed by atoms with Crippen LogP contribution in [-0.4, -0.2) is 23.7 Å². The van der Waals surface area contributed by atoms with E-state index >= 15 is 0 Å². The molecule has 4 nitrogen and oxygen atoms in total. The lowest BCUT2D eigenvalue weighted by Crippen LogP contribution is -2.33. The number of rotatable bonds is 5. The second-order valence-corrected chi connectivity index (χ2v) is 4.27. The third-order valence-electron chi connectivity index (χ3n) is 2.04. The minimum Gasteiger partial charge on any atom is -0.460 e. The maximum atomic E-state index is 11.3. The summed E-state index contributed by atoms with van der Waals surface area (Å²) in [6, 6.07) is 6.71. The van der Waals surface area contributed by atoms with Gasteiger partial charge in [-0.3, -0.25) is 4.79 Å². The van der Waals surface area contributed by atoms with Crippen molar-refractivity contribution < 1.29 is 14.6 Å². The Morgan fingerprint density at radius 1 is 1.44 bits per heavy atom. The minimum absolute atomic E-state index is 0.117. The Bertz CT molecular complexity index is 340. The van der Waals surface area contributed by atoms with E-state index in [2.05, 4.69) is 15.9 Å². The molecule has 0 saturated heterocycles. The number of ether oxygens (including phenoxy) is 1. The topological polar surface area (TPSA) is 72.5 Å². The van der Waals surface area contributed by atoms with Crippen LogP contribution in [0.1, 0.15) is 12.0 Å². The lowest BCUT2D eigenvalue weighted by atomic mass is 10.2. The van der Waals surface area contributed by atoms with Gasteiger partial charge in [0, 0.05) is 11.1 Å². The predicted molar refractivity (Wildman–Crippen MR) is 63.6 cm³/mol. The Labute approximate surface area is 103 Å². The van der Waals surface area contributed by atoms with Crippen LogP contribution in [0.4, 0.5) is 0 Å². The molecule has 0 saturated carbocycles. The summed E-state index contributed by atoms with van der Waals surface area (Å²) in [6.45, 7) is 0.0831. The molecule has 1 aromatic rings. The molecule has 0 fully saturated rings. The van der Waals surface area contributed by atoms with Crippen molar-refractivity contribution in [2.75, 3.05) is 6.61 Å². The molecule has 0 aliphatic carbocycles. The normalized spacial score (nSPS) is 12.2. The quantitative estimate of drug-likeness (QED) is 0.799. The summed E-state index contributed by atoms with van der Waals surface area (Å²) in [5.74, 6) is -0.489. The van der Waals surface area contributed by atoms with E-state index in [1.165, 1.54) is 0 Å². The van der Waals surface area contributed by atoms with Crippen molar-refractivity contribution in [1.29, 1.82) is 0 Å². The van der Waals surface area contributed by atoms with Crippen LogP contribution >= 0.6 is 15.9 Å². The van der Waals surface area contributed by atoms with E-state index in [0.29, 0.717) is 0 Å². The van der Waals surface area contributed by atoms with Gasteiger partial charge >= 0.3 is 5.97 Å². The zero-order valence-corrected chi connectivity index (χ0v) is 10.3. The fraction of sp³-hybridized carbons (Fsp3) is 0.364. The zero-order chi connectivity index (χ0) is 12.0. The SMILES string of the molecule is N[C@@H](CCO)C(=O)OCc1ccc(Br)cc1. The van der Waals surface area contributed by atoms with Crippen molar-refractivity contribution >= 4 is 21.9 Å². The fourth-order valence-corrected chi connectivity index (χ4v) is 1.36. The van der Waals surface area contributed by atoms with Crippen molar-refractivity contribution in [3.05, 3.63) is 34.3 Å². The first-order chi connectivity index (χ1) is 7.63. The maximum Gasteiger partial charge on any atom is 0.323 e. The number of aliphatic hydroxyl groups excluding tert-OH is 1. The Kier molecular flexibility index (Phi) is 5.45. The number of aliphatic hydroxyl groups is 1. The van der Waals surface area contributed by atoms with E-state index in [1.807, 2.05) is 24.3 Å². The molecule has 1 aromatic carbocycles. The van der Waals surface area contributed by atoms with Gasteiger partial charge in [-0.25, -0.2) is 0 Å². The van der Waals surface area contributed by atoms with E-state index in [9.17, 15) is 4.79 Å². The first-order valence-electron chi connectivity index (χ1n) is 4.91. The Morgan fingerprint density at radius 3 is 2.62 bits per heavy atom. The summed E-state index contributed by atoms with van der Waals surface area (Å²) in [7, 11) is 0. The average molecular weight is 288 g/mol. The lowest BCUT2D eigenvalue weighted by molar-refractivity contribution is -0.146. The van der Waals surface area contributed by atoms with Crippen molar-refractivity contribution in [3.8, 4) is 0 Å². The standard InChI is InChI=1S/C11H14BrNO3/c12-9-3-1-8(2-4-9)7-16-11(15)10(13)5-6-14/h1-4,10,14H,5-7,13H2/t10-/m0/s1. The molecule has 88 valence electrons. The van der Waals surface area contributed by atoms with Crippen molar-refractivity contribution in [3.63, 3.8) is 0 Å². The summed E-state index contributed by atoms with van der Waals surface area (Å²) in [6.07, 6.45) is 0.221. The average Bonchev–Trinajstić information content (AvgIpc) is 2.28. The van der Waals surface area contributed by atoms with Gasteiger partial charge in [-0.2, -0.15) is 0 Å². The van der Waals surface area contributed by atoms with Crippen LogP contribution < -0.4 is 5.73 Å². The van der Waals surface area contributed by atoms with Crippen LogP contribution in [0.15, 0.2) is 28.7 Å². The van der Waals surface area contributed by atoms with Crippen LogP contribution in [0.2, 0.25) is 0 Å². The Hall–Kier alpha value is -0.910. The Balaban J connectivity index is 2.39. The molecule has 0 unspecified atom stereocenters. The molecule has 0 bridgehead atoms. The molecule has 0 spiro atoms. The van der Waals surface area contributed by atoms with E-state index in [4.69, 9.17) is 15.6 Å². The van der Waals surface area contributed by atoms with E-state index in [1.54, 1.807) is 0 Å². The lowest BCUT2D eigenvalue weighted by Gasteiger charge is -2.10. The number of hydrogen-bond donors (Lipinski definition) is 2. The molecule has 0 aromatic heterocycles. The smallest absolute Gasteiger partial charge is 0.323 e. The molecule has 0 radical (unpaired) electrons. The van der Waals surface area contributed by atoms with Crippen LogP contribution in [-0.2, 0) is 16.1 Å². The first-order valence-corrected chi connectivity index (χ1v) is 5.70. The number of hydrogen-bond acceptors (Lipinski definition) is 4. The number of halogens is 1. The van der Waals surface area contributed by atoms with Gasteiger partial charge in [0.2, 0.25) is 0 Å². The summed E-state index contributed by atoms with van der Waals surface area (Å²) in [5.41, 5.74) is 6.37. The highest BCUT2D eigenvalue weighted by atomic mass is 79.9. The number of carbonyl (C=O) groups is 1. The molecule has 16 heavy (non-hydrogen) atoms. The van der Waals surface area contributed by atoms with E-state index in [-0.39, 0.29) is 19.6 Å². The van der Waals surface area contributed by atoms with E-state index < -0.39 is 12.0 Å². The van der Waals surface area contributed by atoms with Crippen LogP contribution in [0.25, 0.3) is 0 Å². The molecule has 0 heterocycles. The number of benzene rings is 1. The monoisotopic (exact) mass is 287 g/mol. The van der Waals surface area contributed by atoms with Gasteiger partial charge in [-0.05, 0) is 24.1 Å². The molecule has 0 aliphatic rings. The highest BCUT2D eigenvalue weighted by Gasteiger charge is 2.13. The highest BCUT2D eigenvalue weighted by molar-refractivity contribution is 9.10. The molecule has 0 aliphatic heterocycles. The third-order valence-corrected chi connectivity index (χ3v) is 2.57. The molecule has 1 atom stereocenters. The van der Waals surface area contributed by atoms with Crippen LogP contribution in [0.3, 0.4) is 0 Å². The van der Waals surface area contributed by atoms with Crippen molar-refractivity contribution in [2.45, 2.75) is 19.1 Å². The van der Waals surface area contributed by atoms with Gasteiger partial charge < -0.3 is 15.6 Å². The highest BCUT2D eigenvalue weighted by Crippen LogP contribution is 2.11. The zero-order valence-electron chi connectivity index (χ0n) is 8.73. The summed E-state index contributed by atoms with van der Waals surface area (Å²) in [4.78, 5) is 11.3. The van der Waals surface area contributed by atoms with E-state index in [0.717, 1.165) is 10.0 Å². The van der Waals surface area contributed by atoms with Gasteiger partial charge in [0.1, 0.15) is 12.6 Å². The molecule has 3 N–H and O–H groups in total. The number of carbonyl (C=O) groups excluding carboxylic acids is 1. The Morgan fingerprint density at radius 2 is 2.06 bits per heavy atom. The largest absolute Gasteiger partial charge is 0.460 e. The third kappa shape index (κ3) is 4.30. The van der Waals surface area contributed by atoms with Gasteiger partial charge in [0.25, 0.3) is 0 Å². The maximum absolute atomic E-state index is 11.3. The molecular weight excluding hydrogens is 274 g/mol.